The van der Waals surface area contributed by atoms with E-state index in [-0.39, 0.29) is 5.91 Å². The topological polar surface area (TPSA) is 42.0 Å². The fraction of sp³-hybridized carbons (Fsp3) is 0.0769. The molecule has 0 aliphatic carbocycles. The van der Waals surface area contributed by atoms with Gasteiger partial charge in [-0.2, -0.15) is 0 Å². The minimum atomic E-state index is -0.146. The number of rotatable bonds is 4. The Kier molecular flexibility index (Phi) is 3.67. The standard InChI is InChI=1S/C13H11N2OS/c1-2-6-11-12(17-9-14-11)13(16)15-10-7-4-3-5-8-10/h2-5,7-8H,1,6H2,(H,15,16). The van der Waals surface area contributed by atoms with Gasteiger partial charge >= 0.3 is 0 Å². The largest absolute Gasteiger partial charge is 0.321 e. The average molecular weight is 243 g/mol. The second-order valence-corrected chi connectivity index (χ2v) is 4.19. The van der Waals surface area contributed by atoms with Gasteiger partial charge in [0, 0.05) is 12.1 Å². The lowest BCUT2D eigenvalue weighted by atomic mass is 10.2. The number of para-hydroxylation sites is 1. The predicted molar refractivity (Wildman–Crippen MR) is 69.2 cm³/mol. The molecular weight excluding hydrogens is 232 g/mol. The average Bonchev–Trinajstić information content (AvgIpc) is 2.79. The Bertz CT molecular complexity index is 519. The van der Waals surface area contributed by atoms with Crippen LogP contribution in [0.25, 0.3) is 0 Å². The summed E-state index contributed by atoms with van der Waals surface area (Å²) < 4.78 is 0. The summed E-state index contributed by atoms with van der Waals surface area (Å²) >= 11 is 1.22. The Morgan fingerprint density at radius 1 is 1.47 bits per heavy atom. The van der Waals surface area contributed by atoms with Crippen molar-refractivity contribution in [3.05, 3.63) is 59.1 Å². The van der Waals surface area contributed by atoms with Gasteiger partial charge in [0.25, 0.3) is 5.91 Å². The number of hydrogen-bond acceptors (Lipinski definition) is 3. The van der Waals surface area contributed by atoms with Crippen molar-refractivity contribution in [3.63, 3.8) is 0 Å². The second kappa shape index (κ2) is 5.41. The van der Waals surface area contributed by atoms with Crippen LogP contribution in [0, 0.1) is 5.51 Å². The Morgan fingerprint density at radius 3 is 2.94 bits per heavy atom. The molecule has 3 nitrogen and oxygen atoms in total. The van der Waals surface area contributed by atoms with Gasteiger partial charge in [0.05, 0.1) is 5.69 Å². The van der Waals surface area contributed by atoms with Gasteiger partial charge in [-0.15, -0.1) is 17.9 Å². The van der Waals surface area contributed by atoms with Crippen molar-refractivity contribution in [2.75, 3.05) is 5.32 Å². The van der Waals surface area contributed by atoms with E-state index in [1.165, 1.54) is 11.3 Å². The third kappa shape index (κ3) is 2.79. The lowest BCUT2D eigenvalue weighted by Crippen LogP contribution is -2.12. The Hall–Kier alpha value is -1.94. The van der Waals surface area contributed by atoms with E-state index in [0.29, 0.717) is 11.3 Å². The fourth-order valence-corrected chi connectivity index (χ4v) is 2.03. The molecule has 1 amide bonds. The third-order valence-electron chi connectivity index (χ3n) is 2.17. The molecule has 0 aliphatic rings. The first kappa shape index (κ1) is 11.5. The van der Waals surface area contributed by atoms with Crippen LogP contribution >= 0.6 is 11.3 Å². The van der Waals surface area contributed by atoms with Crippen molar-refractivity contribution in [2.24, 2.45) is 0 Å². The Labute approximate surface area is 104 Å². The minimum absolute atomic E-state index is 0.146. The van der Waals surface area contributed by atoms with Gasteiger partial charge in [0.15, 0.2) is 5.51 Å². The first-order valence-electron chi connectivity index (χ1n) is 5.14. The van der Waals surface area contributed by atoms with Gasteiger partial charge in [-0.3, -0.25) is 4.79 Å². The van der Waals surface area contributed by atoms with E-state index in [0.717, 1.165) is 11.4 Å². The van der Waals surface area contributed by atoms with Crippen LogP contribution in [0.3, 0.4) is 0 Å². The lowest BCUT2D eigenvalue weighted by molar-refractivity contribution is 0.102. The number of allylic oxidation sites excluding steroid dienone is 1. The molecule has 0 saturated heterocycles. The van der Waals surface area contributed by atoms with E-state index in [9.17, 15) is 4.79 Å². The van der Waals surface area contributed by atoms with Gasteiger partial charge in [-0.25, -0.2) is 4.98 Å². The number of hydrogen-bond donors (Lipinski definition) is 1. The molecule has 0 fully saturated rings. The summed E-state index contributed by atoms with van der Waals surface area (Å²) in [5, 5.41) is 2.82. The highest BCUT2D eigenvalue weighted by Crippen LogP contribution is 2.16. The molecule has 0 bridgehead atoms. The number of nitrogens with zero attached hydrogens (tertiary/aromatic N) is 1. The SMILES string of the molecule is C=CCc1n[c]sc1C(=O)Nc1ccccc1. The molecule has 0 atom stereocenters. The zero-order valence-electron chi connectivity index (χ0n) is 9.14. The van der Waals surface area contributed by atoms with E-state index < -0.39 is 0 Å². The first-order valence-corrected chi connectivity index (χ1v) is 5.96. The second-order valence-electron chi connectivity index (χ2n) is 3.39. The summed E-state index contributed by atoms with van der Waals surface area (Å²) in [6, 6.07) is 9.34. The van der Waals surface area contributed by atoms with Crippen molar-refractivity contribution in [3.8, 4) is 0 Å². The normalized spacial score (nSPS) is 9.88. The van der Waals surface area contributed by atoms with Gasteiger partial charge in [0.2, 0.25) is 0 Å². The van der Waals surface area contributed by atoms with Crippen LogP contribution in [0.2, 0.25) is 0 Å². The summed E-state index contributed by atoms with van der Waals surface area (Å²) in [5.74, 6) is -0.146. The van der Waals surface area contributed by atoms with Crippen molar-refractivity contribution < 1.29 is 4.79 Å². The zero-order valence-corrected chi connectivity index (χ0v) is 9.96. The molecule has 1 N–H and O–H groups in total. The molecule has 1 radical (unpaired) electrons. The number of aromatic nitrogens is 1. The Morgan fingerprint density at radius 2 is 2.24 bits per heavy atom. The van der Waals surface area contributed by atoms with Crippen LogP contribution < -0.4 is 5.32 Å². The van der Waals surface area contributed by atoms with Crippen molar-refractivity contribution in [2.45, 2.75) is 6.42 Å². The molecule has 85 valence electrons. The predicted octanol–water partition coefficient (Wildman–Crippen LogP) is 2.92. The molecule has 2 rings (SSSR count). The van der Waals surface area contributed by atoms with E-state index in [4.69, 9.17) is 0 Å². The summed E-state index contributed by atoms with van der Waals surface area (Å²) in [6.45, 7) is 3.64. The van der Waals surface area contributed by atoms with Crippen molar-refractivity contribution in [1.29, 1.82) is 0 Å². The maximum absolute atomic E-state index is 12.0. The molecule has 2 aromatic rings. The van der Waals surface area contributed by atoms with Crippen molar-refractivity contribution in [1.82, 2.24) is 4.98 Å². The lowest BCUT2D eigenvalue weighted by Gasteiger charge is -2.03. The number of anilines is 1. The number of carbonyl (C=O) groups is 1. The fourth-order valence-electron chi connectivity index (χ4n) is 1.40. The van der Waals surface area contributed by atoms with E-state index in [1.54, 1.807) is 6.08 Å². The molecule has 0 saturated carbocycles. The van der Waals surface area contributed by atoms with Crippen LogP contribution in [-0.4, -0.2) is 10.9 Å². The zero-order chi connectivity index (χ0) is 12.1. The molecule has 0 aliphatic heterocycles. The third-order valence-corrected chi connectivity index (χ3v) is 2.97. The number of nitrogens with one attached hydrogen (secondary N) is 1. The number of amides is 1. The quantitative estimate of drug-likeness (QED) is 0.839. The highest BCUT2D eigenvalue weighted by Gasteiger charge is 2.13. The van der Waals surface area contributed by atoms with Crippen LogP contribution in [0.15, 0.2) is 43.0 Å². The van der Waals surface area contributed by atoms with Crippen LogP contribution in [0.4, 0.5) is 5.69 Å². The van der Waals surface area contributed by atoms with Gasteiger partial charge in [-0.1, -0.05) is 24.3 Å². The maximum atomic E-state index is 12.0. The highest BCUT2D eigenvalue weighted by molar-refractivity contribution is 7.11. The molecule has 0 spiro atoms. The summed E-state index contributed by atoms with van der Waals surface area (Å²) in [6.07, 6.45) is 2.31. The highest BCUT2D eigenvalue weighted by atomic mass is 32.1. The molecular formula is C13H11N2OS. The summed E-state index contributed by atoms with van der Waals surface area (Å²) in [4.78, 5) is 16.6. The number of carbonyl (C=O) groups excluding carboxylic acids is 1. The summed E-state index contributed by atoms with van der Waals surface area (Å²) in [5.41, 5.74) is 4.23. The number of benzene rings is 1. The molecule has 0 unspecified atom stereocenters. The smallest absolute Gasteiger partial charge is 0.267 e. The van der Waals surface area contributed by atoms with Crippen LogP contribution in [0.1, 0.15) is 15.4 Å². The Balaban J connectivity index is 2.15. The molecule has 1 heterocycles. The van der Waals surface area contributed by atoms with Crippen LogP contribution in [-0.2, 0) is 6.42 Å². The van der Waals surface area contributed by atoms with Crippen LogP contribution in [0.5, 0.6) is 0 Å². The van der Waals surface area contributed by atoms with Gasteiger partial charge < -0.3 is 5.32 Å². The number of thiazole rings is 1. The molecule has 1 aromatic heterocycles. The maximum Gasteiger partial charge on any atom is 0.267 e. The first-order chi connectivity index (χ1) is 8.31. The van der Waals surface area contributed by atoms with E-state index in [1.807, 2.05) is 30.3 Å². The van der Waals surface area contributed by atoms with Gasteiger partial charge in [0.1, 0.15) is 4.88 Å². The minimum Gasteiger partial charge on any atom is -0.321 e. The van der Waals surface area contributed by atoms with Crippen molar-refractivity contribution >= 4 is 22.9 Å². The van der Waals surface area contributed by atoms with E-state index in [2.05, 4.69) is 22.4 Å². The summed E-state index contributed by atoms with van der Waals surface area (Å²) in [7, 11) is 0. The molecule has 1 aromatic carbocycles. The molecule has 4 heteroatoms. The van der Waals surface area contributed by atoms with E-state index >= 15 is 0 Å². The monoisotopic (exact) mass is 243 g/mol. The van der Waals surface area contributed by atoms with Gasteiger partial charge in [-0.05, 0) is 12.1 Å². The molecule has 17 heavy (non-hydrogen) atoms.